The first-order valence-corrected chi connectivity index (χ1v) is 8.85. The number of likely N-dealkylation sites (N-methyl/N-ethyl adjacent to an activating group) is 1. The van der Waals surface area contributed by atoms with E-state index in [2.05, 4.69) is 16.3 Å². The SMILES string of the molecule is CCNC(C#N)(CN1CCS(=O)(=O)CC1C)C1CC1. The highest BCUT2D eigenvalue weighted by Crippen LogP contribution is 2.40. The zero-order valence-corrected chi connectivity index (χ0v) is 12.5. The monoisotopic (exact) mass is 285 g/mol. The topological polar surface area (TPSA) is 73.2 Å². The summed E-state index contributed by atoms with van der Waals surface area (Å²) in [7, 11) is -2.89. The Balaban J connectivity index is 2.08. The van der Waals surface area contributed by atoms with E-state index >= 15 is 0 Å². The van der Waals surface area contributed by atoms with Gasteiger partial charge in [-0.25, -0.2) is 8.42 Å². The van der Waals surface area contributed by atoms with Crippen molar-refractivity contribution in [2.75, 3.05) is 31.1 Å². The molecule has 0 radical (unpaired) electrons. The number of hydrogen-bond acceptors (Lipinski definition) is 5. The fraction of sp³-hybridized carbons (Fsp3) is 0.923. The summed E-state index contributed by atoms with van der Waals surface area (Å²) >= 11 is 0. The first kappa shape index (κ1) is 14.8. The maximum absolute atomic E-state index is 11.6. The fourth-order valence-electron chi connectivity index (χ4n) is 2.98. The van der Waals surface area contributed by atoms with Gasteiger partial charge in [0.1, 0.15) is 5.54 Å². The lowest BCUT2D eigenvalue weighted by molar-refractivity contribution is 0.166. The molecule has 0 amide bonds. The Bertz CT molecular complexity index is 467. The van der Waals surface area contributed by atoms with E-state index in [1.165, 1.54) is 0 Å². The highest BCUT2D eigenvalue weighted by molar-refractivity contribution is 7.91. The van der Waals surface area contributed by atoms with Crippen LogP contribution in [-0.2, 0) is 9.84 Å². The molecule has 108 valence electrons. The van der Waals surface area contributed by atoms with Crippen LogP contribution in [0.2, 0.25) is 0 Å². The molecule has 2 unspecified atom stereocenters. The smallest absolute Gasteiger partial charge is 0.153 e. The highest BCUT2D eigenvalue weighted by Gasteiger charge is 2.47. The second-order valence-electron chi connectivity index (χ2n) is 5.82. The Morgan fingerprint density at radius 2 is 2.16 bits per heavy atom. The summed E-state index contributed by atoms with van der Waals surface area (Å²) in [5.74, 6) is 0.851. The van der Waals surface area contributed by atoms with Gasteiger partial charge in [0, 0.05) is 19.1 Å². The molecule has 5 nitrogen and oxygen atoms in total. The van der Waals surface area contributed by atoms with Gasteiger partial charge in [-0.2, -0.15) is 5.26 Å². The quantitative estimate of drug-likeness (QED) is 0.791. The number of rotatable bonds is 5. The average Bonchev–Trinajstić information content (AvgIpc) is 3.15. The first-order valence-electron chi connectivity index (χ1n) is 7.03. The van der Waals surface area contributed by atoms with Gasteiger partial charge < -0.3 is 0 Å². The summed E-state index contributed by atoms with van der Waals surface area (Å²) in [5, 5.41) is 12.9. The molecule has 1 N–H and O–H groups in total. The summed E-state index contributed by atoms with van der Waals surface area (Å²) < 4.78 is 23.2. The van der Waals surface area contributed by atoms with E-state index in [1.807, 2.05) is 13.8 Å². The number of sulfone groups is 1. The summed E-state index contributed by atoms with van der Waals surface area (Å²) in [6, 6.07) is 2.47. The Hall–Kier alpha value is -0.640. The van der Waals surface area contributed by atoms with E-state index in [4.69, 9.17) is 0 Å². The third-order valence-corrected chi connectivity index (χ3v) is 6.02. The Morgan fingerprint density at radius 3 is 2.63 bits per heavy atom. The van der Waals surface area contributed by atoms with Gasteiger partial charge in [0.25, 0.3) is 0 Å². The molecule has 0 spiro atoms. The first-order chi connectivity index (χ1) is 8.92. The minimum atomic E-state index is -2.89. The lowest BCUT2D eigenvalue weighted by Crippen LogP contribution is -2.59. The Kier molecular flexibility index (Phi) is 4.19. The van der Waals surface area contributed by atoms with Crippen molar-refractivity contribution in [3.8, 4) is 6.07 Å². The fourth-order valence-corrected chi connectivity index (χ4v) is 4.60. The van der Waals surface area contributed by atoms with Crippen molar-refractivity contribution in [2.24, 2.45) is 5.92 Å². The predicted octanol–water partition coefficient (Wildman–Crippen LogP) is 0.387. The number of nitriles is 1. The van der Waals surface area contributed by atoms with Crippen LogP contribution in [0, 0.1) is 17.2 Å². The Labute approximate surface area is 115 Å². The molecule has 1 saturated heterocycles. The van der Waals surface area contributed by atoms with Gasteiger partial charge in [0.2, 0.25) is 0 Å². The Morgan fingerprint density at radius 1 is 1.47 bits per heavy atom. The molecule has 0 aromatic carbocycles. The van der Waals surface area contributed by atoms with Crippen molar-refractivity contribution in [1.29, 1.82) is 5.26 Å². The van der Waals surface area contributed by atoms with Crippen molar-refractivity contribution in [1.82, 2.24) is 10.2 Å². The number of hydrogen-bond donors (Lipinski definition) is 1. The zero-order valence-electron chi connectivity index (χ0n) is 11.7. The van der Waals surface area contributed by atoms with Gasteiger partial charge in [-0.3, -0.25) is 10.2 Å². The molecular formula is C13H23N3O2S. The molecule has 6 heteroatoms. The summed E-state index contributed by atoms with van der Waals surface area (Å²) in [5.41, 5.74) is -0.496. The van der Waals surface area contributed by atoms with Crippen LogP contribution in [0.15, 0.2) is 0 Å². The molecule has 1 aliphatic heterocycles. The summed E-state index contributed by atoms with van der Waals surface area (Å²) in [4.78, 5) is 2.16. The lowest BCUT2D eigenvalue weighted by atomic mass is 9.93. The van der Waals surface area contributed by atoms with Crippen molar-refractivity contribution in [3.05, 3.63) is 0 Å². The minimum Gasteiger partial charge on any atom is -0.298 e. The molecule has 0 aromatic rings. The third kappa shape index (κ3) is 3.28. The van der Waals surface area contributed by atoms with E-state index in [1.54, 1.807) is 0 Å². The second-order valence-corrected chi connectivity index (χ2v) is 8.05. The molecule has 2 rings (SSSR count). The standard InChI is InChI=1S/C13H23N3O2S/c1-3-15-13(9-14,12-4-5-12)10-16-6-7-19(17,18)8-11(16)2/h11-12,15H,3-8,10H2,1-2H3. The van der Waals surface area contributed by atoms with Crippen molar-refractivity contribution in [2.45, 2.75) is 38.3 Å². The molecule has 1 saturated carbocycles. The number of nitrogens with one attached hydrogen (secondary N) is 1. The maximum atomic E-state index is 11.6. The van der Waals surface area contributed by atoms with E-state index in [0.29, 0.717) is 19.0 Å². The van der Waals surface area contributed by atoms with E-state index < -0.39 is 15.4 Å². The molecule has 2 aliphatic rings. The maximum Gasteiger partial charge on any atom is 0.153 e. The van der Waals surface area contributed by atoms with Gasteiger partial charge in [-0.05, 0) is 32.2 Å². The highest BCUT2D eigenvalue weighted by atomic mass is 32.2. The van der Waals surface area contributed by atoms with Crippen LogP contribution in [0.1, 0.15) is 26.7 Å². The van der Waals surface area contributed by atoms with Crippen LogP contribution >= 0.6 is 0 Å². The average molecular weight is 285 g/mol. The van der Waals surface area contributed by atoms with Crippen molar-refractivity contribution < 1.29 is 8.42 Å². The van der Waals surface area contributed by atoms with Crippen molar-refractivity contribution in [3.63, 3.8) is 0 Å². The normalized spacial score (nSPS) is 30.5. The molecule has 1 heterocycles. The lowest BCUT2D eigenvalue weighted by Gasteiger charge is -2.39. The summed E-state index contributed by atoms with van der Waals surface area (Å²) in [6.07, 6.45) is 2.20. The molecule has 1 aliphatic carbocycles. The molecule has 0 bridgehead atoms. The van der Waals surface area contributed by atoms with Crippen LogP contribution < -0.4 is 5.32 Å². The van der Waals surface area contributed by atoms with Crippen LogP contribution in [0.25, 0.3) is 0 Å². The minimum absolute atomic E-state index is 0.00359. The van der Waals surface area contributed by atoms with Gasteiger partial charge in [-0.15, -0.1) is 0 Å². The van der Waals surface area contributed by atoms with Gasteiger partial charge in [0.05, 0.1) is 17.6 Å². The summed E-state index contributed by atoms with van der Waals surface area (Å²) in [6.45, 7) is 5.91. The number of nitrogens with zero attached hydrogens (tertiary/aromatic N) is 2. The molecular weight excluding hydrogens is 262 g/mol. The molecule has 2 fully saturated rings. The molecule has 2 atom stereocenters. The van der Waals surface area contributed by atoms with Crippen LogP contribution in [0.3, 0.4) is 0 Å². The predicted molar refractivity (Wildman–Crippen MR) is 74.4 cm³/mol. The second kappa shape index (κ2) is 5.39. The van der Waals surface area contributed by atoms with Gasteiger partial charge in [0.15, 0.2) is 9.84 Å². The van der Waals surface area contributed by atoms with E-state index in [0.717, 1.165) is 19.4 Å². The van der Waals surface area contributed by atoms with Crippen LogP contribution in [0.5, 0.6) is 0 Å². The third-order valence-electron chi connectivity index (χ3n) is 4.23. The largest absolute Gasteiger partial charge is 0.298 e. The van der Waals surface area contributed by atoms with Crippen LogP contribution in [-0.4, -0.2) is 56.0 Å². The van der Waals surface area contributed by atoms with Gasteiger partial charge in [-0.1, -0.05) is 6.92 Å². The molecule has 0 aromatic heterocycles. The van der Waals surface area contributed by atoms with E-state index in [-0.39, 0.29) is 17.5 Å². The van der Waals surface area contributed by atoms with Crippen LogP contribution in [0.4, 0.5) is 0 Å². The van der Waals surface area contributed by atoms with E-state index in [9.17, 15) is 13.7 Å². The zero-order chi connectivity index (χ0) is 14.1. The van der Waals surface area contributed by atoms with Crippen molar-refractivity contribution >= 4 is 9.84 Å². The van der Waals surface area contributed by atoms with Gasteiger partial charge >= 0.3 is 0 Å². The molecule has 19 heavy (non-hydrogen) atoms.